The second-order valence-corrected chi connectivity index (χ2v) is 4.77. The Morgan fingerprint density at radius 2 is 1.27 bits per heavy atom. The maximum Gasteiger partial charge on any atom is 0.335 e. The summed E-state index contributed by atoms with van der Waals surface area (Å²) in [5.41, 5.74) is -2.01. The molecule has 0 heterocycles. The Hall–Kier alpha value is -3.47. The Labute approximate surface area is 147 Å². The Morgan fingerprint density at radius 1 is 0.885 bits per heavy atom. The number of aromatic carboxylic acids is 1. The number of benzene rings is 2. The van der Waals surface area contributed by atoms with Gasteiger partial charge in [0.05, 0.1) is 15.4 Å². The van der Waals surface area contributed by atoms with Crippen molar-refractivity contribution < 1.29 is 33.3 Å². The fourth-order valence-electron chi connectivity index (χ4n) is 1.56. The molecule has 0 aliphatic rings. The molecule has 12 heteroatoms. The summed E-state index contributed by atoms with van der Waals surface area (Å²) in [7, 11) is 0. The van der Waals surface area contributed by atoms with Crippen molar-refractivity contribution in [2.45, 2.75) is 0 Å². The van der Waals surface area contributed by atoms with Gasteiger partial charge < -0.3 is 5.11 Å². The molecule has 0 aliphatic carbocycles. The quantitative estimate of drug-likeness (QED) is 0.479. The lowest BCUT2D eigenvalue weighted by atomic mass is 10.2. The van der Waals surface area contributed by atoms with Crippen molar-refractivity contribution in [1.82, 2.24) is 0 Å². The van der Waals surface area contributed by atoms with Crippen LogP contribution in [0, 0.1) is 31.9 Å². The zero-order valence-corrected chi connectivity index (χ0v) is 13.1. The fourth-order valence-corrected chi connectivity index (χ4v) is 1.68. The van der Waals surface area contributed by atoms with Crippen LogP contribution in [-0.4, -0.2) is 26.2 Å². The molecule has 0 fully saturated rings. The molecule has 0 amide bonds. The normalized spacial score (nSPS) is 9.65. The van der Waals surface area contributed by atoms with Gasteiger partial charge in [-0.1, -0.05) is 0 Å². The smallest absolute Gasteiger partial charge is 0.335 e. The van der Waals surface area contributed by atoms with Gasteiger partial charge in [-0.05, 0) is 35.9 Å². The summed E-state index contributed by atoms with van der Waals surface area (Å²) in [6.07, 6.45) is 0. The van der Waals surface area contributed by atoms with Crippen molar-refractivity contribution in [3.8, 4) is 0 Å². The average molecular weight is 389 g/mol. The minimum atomic E-state index is -1.33. The highest BCUT2D eigenvalue weighted by atomic mass is 35.5. The van der Waals surface area contributed by atoms with Crippen molar-refractivity contribution in [3.63, 3.8) is 0 Å². The zero-order chi connectivity index (χ0) is 20.0. The molecule has 1 N–H and O–H groups in total. The SMILES string of the molecule is O=C(Cl)c1ccc(F)c([N+](=O)[O-])c1.O=C(O)c1ccc(F)c([N+](=O)[O-])c1. The summed E-state index contributed by atoms with van der Waals surface area (Å²) in [6, 6.07) is 5.10. The third kappa shape index (κ3) is 5.27. The van der Waals surface area contributed by atoms with Crippen molar-refractivity contribution in [3.05, 3.63) is 79.4 Å². The first-order chi connectivity index (χ1) is 12.0. The zero-order valence-electron chi connectivity index (χ0n) is 12.4. The maximum atomic E-state index is 12.7. The molecule has 0 bridgehead atoms. The Balaban J connectivity index is 0.000000260. The summed E-state index contributed by atoms with van der Waals surface area (Å²) in [5, 5.41) is 28.0. The average Bonchev–Trinajstić information content (AvgIpc) is 2.55. The van der Waals surface area contributed by atoms with E-state index in [2.05, 4.69) is 0 Å². The van der Waals surface area contributed by atoms with Crippen LogP contribution in [0.3, 0.4) is 0 Å². The number of carbonyl (C=O) groups excluding carboxylic acids is 1. The highest BCUT2D eigenvalue weighted by Crippen LogP contribution is 2.19. The van der Waals surface area contributed by atoms with E-state index in [0.717, 1.165) is 30.3 Å². The van der Waals surface area contributed by atoms with Crippen molar-refractivity contribution in [2.24, 2.45) is 0 Å². The minimum absolute atomic E-state index is 0.102. The predicted octanol–water partition coefficient (Wildman–Crippen LogP) is 3.55. The molecule has 0 saturated heterocycles. The van der Waals surface area contributed by atoms with Crippen LogP contribution in [0.1, 0.15) is 20.7 Å². The van der Waals surface area contributed by atoms with Gasteiger partial charge in [0.15, 0.2) is 0 Å². The number of hydrogen-bond acceptors (Lipinski definition) is 6. The molecule has 0 radical (unpaired) electrons. The molecule has 136 valence electrons. The van der Waals surface area contributed by atoms with Gasteiger partial charge in [-0.25, -0.2) is 4.79 Å². The lowest BCUT2D eigenvalue weighted by Crippen LogP contribution is -1.99. The molecule has 0 aromatic heterocycles. The van der Waals surface area contributed by atoms with Gasteiger partial charge >= 0.3 is 17.3 Å². The van der Waals surface area contributed by atoms with Gasteiger partial charge in [-0.2, -0.15) is 8.78 Å². The van der Waals surface area contributed by atoms with E-state index in [4.69, 9.17) is 16.7 Å². The first-order valence-electron chi connectivity index (χ1n) is 6.35. The number of halogens is 3. The third-order valence-electron chi connectivity index (χ3n) is 2.76. The van der Waals surface area contributed by atoms with Crippen molar-refractivity contribution >= 4 is 34.2 Å². The van der Waals surface area contributed by atoms with E-state index in [9.17, 15) is 38.6 Å². The molecule has 2 aromatic carbocycles. The van der Waals surface area contributed by atoms with Crippen LogP contribution in [0.15, 0.2) is 36.4 Å². The molecule has 0 aliphatic heterocycles. The van der Waals surface area contributed by atoms with Gasteiger partial charge in [0, 0.05) is 17.7 Å². The largest absolute Gasteiger partial charge is 0.478 e. The molecular formula is C14H7ClF2N2O7. The van der Waals surface area contributed by atoms with Crippen LogP contribution in [0.5, 0.6) is 0 Å². The van der Waals surface area contributed by atoms with Crippen molar-refractivity contribution in [2.75, 3.05) is 0 Å². The highest BCUT2D eigenvalue weighted by molar-refractivity contribution is 6.67. The molecule has 0 spiro atoms. The molecule has 26 heavy (non-hydrogen) atoms. The summed E-state index contributed by atoms with van der Waals surface area (Å²) in [4.78, 5) is 39.4. The van der Waals surface area contributed by atoms with Crippen LogP contribution < -0.4 is 0 Å². The lowest BCUT2D eigenvalue weighted by Gasteiger charge is -1.95. The molecule has 0 saturated carbocycles. The minimum Gasteiger partial charge on any atom is -0.478 e. The first-order valence-corrected chi connectivity index (χ1v) is 6.73. The van der Waals surface area contributed by atoms with Crippen LogP contribution in [-0.2, 0) is 0 Å². The second-order valence-electron chi connectivity index (χ2n) is 4.43. The Bertz CT molecular complexity index is 831. The number of nitro benzene ring substituents is 2. The van der Waals surface area contributed by atoms with E-state index in [1.54, 1.807) is 0 Å². The van der Waals surface area contributed by atoms with E-state index in [-0.39, 0.29) is 11.1 Å². The van der Waals surface area contributed by atoms with Gasteiger partial charge in [0.2, 0.25) is 11.6 Å². The number of hydrogen-bond donors (Lipinski definition) is 1. The van der Waals surface area contributed by atoms with E-state index < -0.39 is 44.1 Å². The van der Waals surface area contributed by atoms with Crippen LogP contribution in [0.25, 0.3) is 0 Å². The van der Waals surface area contributed by atoms with E-state index in [0.29, 0.717) is 6.07 Å². The molecule has 2 aromatic rings. The maximum absolute atomic E-state index is 12.7. The molecule has 0 atom stereocenters. The monoisotopic (exact) mass is 388 g/mol. The summed E-state index contributed by atoms with van der Waals surface area (Å²) >= 11 is 5.05. The first kappa shape index (κ1) is 20.6. The van der Waals surface area contributed by atoms with Crippen LogP contribution >= 0.6 is 11.6 Å². The topological polar surface area (TPSA) is 141 Å². The molecule has 9 nitrogen and oxygen atoms in total. The number of carboxylic acid groups (broad SMARTS) is 1. The standard InChI is InChI=1S/C7H3ClFNO3.C7H4FNO4/c8-7(11)4-1-2-5(9)6(3-4)10(12)13;8-5-2-1-4(7(10)11)3-6(5)9(12)13/h1-3H;1-3H,(H,10,11). The van der Waals surface area contributed by atoms with Gasteiger partial charge in [-0.15, -0.1) is 0 Å². The number of rotatable bonds is 4. The molecular weight excluding hydrogens is 382 g/mol. The fraction of sp³-hybridized carbons (Fsp3) is 0. The van der Waals surface area contributed by atoms with E-state index in [1.807, 2.05) is 0 Å². The number of carboxylic acids is 1. The second kappa shape index (κ2) is 8.58. The van der Waals surface area contributed by atoms with E-state index in [1.165, 1.54) is 0 Å². The Kier molecular flexibility index (Phi) is 6.79. The summed E-state index contributed by atoms with van der Waals surface area (Å²) in [6.45, 7) is 0. The Morgan fingerprint density at radius 3 is 1.62 bits per heavy atom. The van der Waals surface area contributed by atoms with Gasteiger partial charge in [-0.3, -0.25) is 25.0 Å². The third-order valence-corrected chi connectivity index (χ3v) is 2.98. The number of nitrogens with zero attached hydrogens (tertiary/aromatic N) is 2. The number of nitro groups is 2. The van der Waals surface area contributed by atoms with E-state index >= 15 is 0 Å². The van der Waals surface area contributed by atoms with Gasteiger partial charge in [0.1, 0.15) is 0 Å². The predicted molar refractivity (Wildman–Crippen MR) is 83.3 cm³/mol. The number of carbonyl (C=O) groups is 2. The van der Waals surface area contributed by atoms with Gasteiger partial charge in [0.25, 0.3) is 5.24 Å². The summed E-state index contributed by atoms with van der Waals surface area (Å²) in [5.74, 6) is -3.37. The van der Waals surface area contributed by atoms with Crippen molar-refractivity contribution in [1.29, 1.82) is 0 Å². The van der Waals surface area contributed by atoms with Crippen LogP contribution in [0.4, 0.5) is 20.2 Å². The highest BCUT2D eigenvalue weighted by Gasteiger charge is 2.17. The lowest BCUT2D eigenvalue weighted by molar-refractivity contribution is -0.387. The van der Waals surface area contributed by atoms with Crippen LogP contribution in [0.2, 0.25) is 0 Å². The molecule has 2 rings (SSSR count). The molecule has 0 unspecified atom stereocenters. The summed E-state index contributed by atoms with van der Waals surface area (Å²) < 4.78 is 25.3.